The third-order valence-corrected chi connectivity index (χ3v) is 2.10. The number of aromatic nitrogens is 2. The largest absolute Gasteiger partial charge is 0.384 e. The summed E-state index contributed by atoms with van der Waals surface area (Å²) in [6, 6.07) is 2.90. The number of nitrogen functional groups attached to an aromatic ring is 1. The second-order valence-electron chi connectivity index (χ2n) is 2.93. The van der Waals surface area contributed by atoms with E-state index in [0.29, 0.717) is 5.82 Å². The first-order valence-electron chi connectivity index (χ1n) is 4.29. The van der Waals surface area contributed by atoms with Gasteiger partial charge in [-0.3, -0.25) is 4.79 Å². The van der Waals surface area contributed by atoms with E-state index in [1.54, 1.807) is 0 Å². The fraction of sp³-hybridized carbons (Fsp3) is 0. The predicted molar refractivity (Wildman–Crippen MR) is 58.1 cm³/mol. The number of amides is 1. The first kappa shape index (κ1) is 10.4. The van der Waals surface area contributed by atoms with Gasteiger partial charge in [-0.05, 0) is 6.07 Å². The Labute approximate surface area is 95.4 Å². The maximum Gasteiger partial charge on any atom is 0.258 e. The van der Waals surface area contributed by atoms with Crippen LogP contribution in [0.1, 0.15) is 10.4 Å². The molecular weight excluding hydrogens is 232 g/mol. The van der Waals surface area contributed by atoms with Gasteiger partial charge in [-0.2, -0.15) is 0 Å². The van der Waals surface area contributed by atoms with E-state index in [0.717, 1.165) is 0 Å². The van der Waals surface area contributed by atoms with E-state index < -0.39 is 5.91 Å². The molecule has 2 aromatic rings. The van der Waals surface area contributed by atoms with Crippen molar-refractivity contribution in [1.29, 1.82) is 0 Å². The molecule has 0 aliphatic carbocycles. The van der Waals surface area contributed by atoms with Gasteiger partial charge in [0.1, 0.15) is 12.1 Å². The van der Waals surface area contributed by atoms with Crippen LogP contribution in [0, 0.1) is 0 Å². The smallest absolute Gasteiger partial charge is 0.258 e. The molecule has 16 heavy (non-hydrogen) atoms. The van der Waals surface area contributed by atoms with Crippen LogP contribution in [0.5, 0.6) is 0 Å². The zero-order valence-corrected chi connectivity index (χ0v) is 8.73. The van der Waals surface area contributed by atoms with Crippen molar-refractivity contribution in [2.75, 3.05) is 11.1 Å². The number of carbonyl (C=O) groups excluding carboxylic acids is 1. The summed E-state index contributed by atoms with van der Waals surface area (Å²) >= 11 is 5.81. The van der Waals surface area contributed by atoms with Crippen molar-refractivity contribution in [1.82, 2.24) is 10.1 Å². The molecule has 0 saturated carbocycles. The quantitative estimate of drug-likeness (QED) is 0.828. The Morgan fingerprint density at radius 2 is 2.38 bits per heavy atom. The lowest BCUT2D eigenvalue weighted by Gasteiger charge is -2.03. The number of nitrogens with two attached hydrogens (primary N) is 1. The molecule has 0 saturated heterocycles. The van der Waals surface area contributed by atoms with Crippen LogP contribution in [0.25, 0.3) is 0 Å². The number of nitrogens with one attached hydrogen (secondary N) is 1. The average molecular weight is 239 g/mol. The highest BCUT2D eigenvalue weighted by molar-refractivity contribution is 6.34. The summed E-state index contributed by atoms with van der Waals surface area (Å²) < 4.78 is 4.57. The Balaban J connectivity index is 2.24. The van der Waals surface area contributed by atoms with E-state index in [9.17, 15) is 4.79 Å². The van der Waals surface area contributed by atoms with Gasteiger partial charge in [-0.25, -0.2) is 4.98 Å². The third kappa shape index (κ3) is 2.12. The van der Waals surface area contributed by atoms with E-state index in [1.807, 2.05) is 0 Å². The van der Waals surface area contributed by atoms with E-state index in [1.165, 1.54) is 24.6 Å². The molecule has 7 heteroatoms. The molecular formula is C9H7ClN4O2. The first-order chi connectivity index (χ1) is 7.66. The van der Waals surface area contributed by atoms with Gasteiger partial charge in [0.25, 0.3) is 5.91 Å². The highest BCUT2D eigenvalue weighted by Crippen LogP contribution is 2.17. The Morgan fingerprint density at radius 3 is 3.06 bits per heavy atom. The molecule has 0 bridgehead atoms. The van der Waals surface area contributed by atoms with Crippen LogP contribution >= 0.6 is 11.6 Å². The summed E-state index contributed by atoms with van der Waals surface area (Å²) in [7, 11) is 0. The van der Waals surface area contributed by atoms with Crippen molar-refractivity contribution in [3.8, 4) is 0 Å². The second-order valence-corrected chi connectivity index (χ2v) is 3.34. The van der Waals surface area contributed by atoms with Gasteiger partial charge in [0, 0.05) is 12.3 Å². The van der Waals surface area contributed by atoms with E-state index in [4.69, 9.17) is 17.3 Å². The minimum Gasteiger partial charge on any atom is -0.384 e. The molecule has 3 N–H and O–H groups in total. The number of hydrogen-bond acceptors (Lipinski definition) is 5. The molecule has 0 radical (unpaired) electrons. The molecule has 2 rings (SSSR count). The van der Waals surface area contributed by atoms with Gasteiger partial charge in [0.15, 0.2) is 5.82 Å². The Morgan fingerprint density at radius 1 is 1.56 bits per heavy atom. The van der Waals surface area contributed by atoms with E-state index in [-0.39, 0.29) is 16.4 Å². The Bertz CT molecular complexity index is 512. The van der Waals surface area contributed by atoms with E-state index in [2.05, 4.69) is 20.0 Å². The summed E-state index contributed by atoms with van der Waals surface area (Å²) in [4.78, 5) is 15.5. The molecule has 0 aliphatic rings. The lowest BCUT2D eigenvalue weighted by Crippen LogP contribution is -2.13. The fourth-order valence-electron chi connectivity index (χ4n) is 1.09. The summed E-state index contributed by atoms with van der Waals surface area (Å²) in [5.74, 6) is 0.0964. The summed E-state index contributed by atoms with van der Waals surface area (Å²) in [5.41, 5.74) is 5.69. The monoisotopic (exact) mass is 238 g/mol. The third-order valence-electron chi connectivity index (χ3n) is 1.80. The van der Waals surface area contributed by atoms with Gasteiger partial charge < -0.3 is 15.6 Å². The molecule has 0 unspecified atom stereocenters. The van der Waals surface area contributed by atoms with Gasteiger partial charge in [0.2, 0.25) is 0 Å². The topological polar surface area (TPSA) is 94.0 Å². The number of pyridine rings is 1. The molecule has 82 valence electrons. The summed E-state index contributed by atoms with van der Waals surface area (Å²) in [6.07, 6.45) is 2.66. The van der Waals surface area contributed by atoms with Crippen LogP contribution in [-0.4, -0.2) is 16.0 Å². The number of anilines is 2. The molecule has 0 atom stereocenters. The van der Waals surface area contributed by atoms with Crippen molar-refractivity contribution < 1.29 is 9.32 Å². The number of hydrogen-bond donors (Lipinski definition) is 2. The maximum atomic E-state index is 11.7. The van der Waals surface area contributed by atoms with Crippen LogP contribution in [0.15, 0.2) is 29.1 Å². The van der Waals surface area contributed by atoms with Gasteiger partial charge in [0.05, 0.1) is 10.6 Å². The highest BCUT2D eigenvalue weighted by Gasteiger charge is 2.12. The maximum absolute atomic E-state index is 11.7. The predicted octanol–water partition coefficient (Wildman–Crippen LogP) is 1.56. The van der Waals surface area contributed by atoms with E-state index >= 15 is 0 Å². The van der Waals surface area contributed by atoms with Crippen molar-refractivity contribution in [2.45, 2.75) is 0 Å². The first-order valence-corrected chi connectivity index (χ1v) is 4.67. The SMILES string of the molecule is Nc1cc(C(=O)Nc2ccon2)c(Cl)cn1. The van der Waals surface area contributed by atoms with Crippen molar-refractivity contribution in [3.63, 3.8) is 0 Å². The number of carbonyl (C=O) groups is 1. The fourth-order valence-corrected chi connectivity index (χ4v) is 1.28. The van der Waals surface area contributed by atoms with Gasteiger partial charge in [-0.15, -0.1) is 0 Å². The zero-order chi connectivity index (χ0) is 11.5. The average Bonchev–Trinajstić information content (AvgIpc) is 2.74. The van der Waals surface area contributed by atoms with Crippen molar-refractivity contribution in [3.05, 3.63) is 35.2 Å². The number of halogens is 1. The summed E-state index contributed by atoms with van der Waals surface area (Å²) in [5, 5.41) is 6.25. The second kappa shape index (κ2) is 4.19. The van der Waals surface area contributed by atoms with Crippen molar-refractivity contribution >= 4 is 29.1 Å². The minimum atomic E-state index is -0.423. The molecule has 2 heterocycles. The lowest BCUT2D eigenvalue weighted by molar-refractivity contribution is 0.102. The minimum absolute atomic E-state index is 0.217. The summed E-state index contributed by atoms with van der Waals surface area (Å²) in [6.45, 7) is 0. The van der Waals surface area contributed by atoms with Crippen LogP contribution in [0.2, 0.25) is 5.02 Å². The molecule has 2 aromatic heterocycles. The molecule has 1 amide bonds. The normalized spacial score (nSPS) is 10.1. The van der Waals surface area contributed by atoms with Crippen LogP contribution in [0.4, 0.5) is 11.6 Å². The highest BCUT2D eigenvalue weighted by atomic mass is 35.5. The van der Waals surface area contributed by atoms with Crippen LogP contribution in [0.3, 0.4) is 0 Å². The zero-order valence-electron chi connectivity index (χ0n) is 7.98. The lowest BCUT2D eigenvalue weighted by atomic mass is 10.2. The van der Waals surface area contributed by atoms with Gasteiger partial charge in [-0.1, -0.05) is 16.8 Å². The standard InChI is InChI=1S/C9H7ClN4O2/c10-6-4-12-7(11)3-5(6)9(15)13-8-1-2-16-14-8/h1-4H,(H2,11,12)(H,13,14,15). The van der Waals surface area contributed by atoms with Crippen molar-refractivity contribution in [2.24, 2.45) is 0 Å². The molecule has 0 aliphatic heterocycles. The Hall–Kier alpha value is -2.08. The van der Waals surface area contributed by atoms with Crippen LogP contribution in [-0.2, 0) is 0 Å². The Kier molecular flexibility index (Phi) is 2.74. The molecule has 0 aromatic carbocycles. The van der Waals surface area contributed by atoms with Gasteiger partial charge >= 0.3 is 0 Å². The number of rotatable bonds is 2. The molecule has 6 nitrogen and oxygen atoms in total. The molecule has 0 fully saturated rings. The number of nitrogens with zero attached hydrogens (tertiary/aromatic N) is 2. The molecule has 0 spiro atoms. The van der Waals surface area contributed by atoms with Crippen LogP contribution < -0.4 is 11.1 Å².